The largest absolute Gasteiger partial charge is 0.300 e. The average molecular weight is 113 g/mol. The number of carbonyl (C=O) groups is 2. The van der Waals surface area contributed by atoms with Gasteiger partial charge in [-0.2, -0.15) is 0 Å². The molecule has 45 valence electrons. The van der Waals surface area contributed by atoms with Gasteiger partial charge >= 0.3 is 0 Å². The van der Waals surface area contributed by atoms with Crippen molar-refractivity contribution in [3.63, 3.8) is 0 Å². The third-order valence-electron chi connectivity index (χ3n) is 0.725. The van der Waals surface area contributed by atoms with Gasteiger partial charge in [-0.25, -0.2) is 0 Å². The highest BCUT2D eigenvalue weighted by atomic mass is 16.1. The smallest absolute Gasteiger partial charge is 0.140 e. The van der Waals surface area contributed by atoms with Crippen molar-refractivity contribution in [1.29, 1.82) is 0 Å². The van der Waals surface area contributed by atoms with E-state index in [1.54, 1.807) is 0 Å². The summed E-state index contributed by atoms with van der Waals surface area (Å²) in [6, 6.07) is 0. The van der Waals surface area contributed by atoms with E-state index in [4.69, 9.17) is 0 Å². The van der Waals surface area contributed by atoms with Gasteiger partial charge in [0.15, 0.2) is 0 Å². The summed E-state index contributed by atoms with van der Waals surface area (Å²) in [6.45, 7) is 4.73. The Morgan fingerprint density at radius 2 is 2.00 bits per heavy atom. The average Bonchev–Trinajstić information content (AvgIpc) is 1.65. The second-order valence-corrected chi connectivity index (χ2v) is 1.67. The molecule has 0 amide bonds. The lowest BCUT2D eigenvalue weighted by Crippen LogP contribution is -2.01. The van der Waals surface area contributed by atoms with Crippen LogP contribution in [0.1, 0.15) is 19.8 Å². The van der Waals surface area contributed by atoms with Crippen LogP contribution in [0.2, 0.25) is 0 Å². The molecule has 0 unspecified atom stereocenters. The third-order valence-corrected chi connectivity index (χ3v) is 0.725. The fraction of sp³-hybridized carbons (Fsp3) is 0.500. The summed E-state index contributed by atoms with van der Waals surface area (Å²) in [5, 5.41) is 0. The summed E-state index contributed by atoms with van der Waals surface area (Å²) in [5.74, 6) is -0.170. The van der Waals surface area contributed by atoms with Gasteiger partial charge in [0.25, 0.3) is 0 Å². The van der Waals surface area contributed by atoms with Gasteiger partial charge in [-0.3, -0.25) is 9.59 Å². The van der Waals surface area contributed by atoms with E-state index in [0.29, 0.717) is 0 Å². The van der Waals surface area contributed by atoms with Crippen LogP contribution in [-0.4, -0.2) is 11.6 Å². The van der Waals surface area contributed by atoms with E-state index in [2.05, 4.69) is 6.92 Å². The molecule has 0 saturated carbocycles. The zero-order chi connectivity index (χ0) is 6.57. The fourth-order valence-corrected chi connectivity index (χ4v) is 0.366. The van der Waals surface area contributed by atoms with Crippen LogP contribution in [0.4, 0.5) is 0 Å². The molecule has 0 aromatic carbocycles. The van der Waals surface area contributed by atoms with Gasteiger partial charge in [0, 0.05) is 6.42 Å². The molecular formula is C6H9O2. The van der Waals surface area contributed by atoms with Crippen molar-refractivity contribution in [1.82, 2.24) is 0 Å². The van der Waals surface area contributed by atoms with Crippen LogP contribution in [0.15, 0.2) is 0 Å². The first-order chi connectivity index (χ1) is 3.66. The molecule has 8 heavy (non-hydrogen) atoms. The van der Waals surface area contributed by atoms with Gasteiger partial charge in [0.2, 0.25) is 0 Å². The van der Waals surface area contributed by atoms with E-state index in [1.165, 1.54) is 6.92 Å². The van der Waals surface area contributed by atoms with Gasteiger partial charge in [0.1, 0.15) is 11.6 Å². The monoisotopic (exact) mass is 113 g/mol. The normalized spacial score (nSPS) is 8.75. The third kappa shape index (κ3) is 3.53. The Kier molecular flexibility index (Phi) is 3.08. The number of carbonyl (C=O) groups excluding carboxylic acids is 2. The minimum Gasteiger partial charge on any atom is -0.300 e. The molecule has 0 fully saturated rings. The van der Waals surface area contributed by atoms with Crippen molar-refractivity contribution in [2.24, 2.45) is 0 Å². The number of hydrogen-bond acceptors (Lipinski definition) is 2. The predicted molar refractivity (Wildman–Crippen MR) is 30.3 cm³/mol. The highest BCUT2D eigenvalue weighted by Crippen LogP contribution is 1.87. The Morgan fingerprint density at radius 1 is 1.50 bits per heavy atom. The van der Waals surface area contributed by atoms with Crippen LogP contribution in [0.5, 0.6) is 0 Å². The summed E-state index contributed by atoms with van der Waals surface area (Å²) in [7, 11) is 0. The Bertz CT molecular complexity index is 105. The Hall–Kier alpha value is -0.660. The molecule has 0 aromatic heterocycles. The number of Topliss-reactive ketones (excluding diaryl/α,β-unsaturated/α-hetero) is 2. The predicted octanol–water partition coefficient (Wildman–Crippen LogP) is 0.759. The molecule has 0 atom stereocenters. The van der Waals surface area contributed by atoms with E-state index in [1.807, 2.05) is 0 Å². The van der Waals surface area contributed by atoms with Gasteiger partial charge in [0.05, 0.1) is 6.42 Å². The van der Waals surface area contributed by atoms with Crippen LogP contribution in [-0.2, 0) is 9.59 Å². The maximum Gasteiger partial charge on any atom is 0.140 e. The molecule has 0 bridgehead atoms. The lowest BCUT2D eigenvalue weighted by molar-refractivity contribution is -0.125. The van der Waals surface area contributed by atoms with E-state index in [0.717, 1.165) is 0 Å². The summed E-state index contributed by atoms with van der Waals surface area (Å²) < 4.78 is 0. The summed E-state index contributed by atoms with van der Waals surface area (Å²) in [6.07, 6.45) is 0.267. The molecular weight excluding hydrogens is 104 g/mol. The standard InChI is InChI=1S/C6H9O2/c1-3-6(8)4-5(2)7/h1,3-4H2,2H3. The van der Waals surface area contributed by atoms with Gasteiger partial charge < -0.3 is 0 Å². The van der Waals surface area contributed by atoms with Crippen LogP contribution in [0, 0.1) is 6.92 Å². The Labute approximate surface area is 48.9 Å². The van der Waals surface area contributed by atoms with Gasteiger partial charge in [-0.1, -0.05) is 0 Å². The maximum atomic E-state index is 10.3. The molecule has 2 heteroatoms. The lowest BCUT2D eigenvalue weighted by Gasteiger charge is -1.87. The molecule has 0 heterocycles. The molecule has 0 aliphatic carbocycles. The second kappa shape index (κ2) is 3.36. The van der Waals surface area contributed by atoms with Crippen molar-refractivity contribution in [2.75, 3.05) is 0 Å². The van der Waals surface area contributed by atoms with E-state index in [-0.39, 0.29) is 24.4 Å². The first-order valence-corrected chi connectivity index (χ1v) is 2.47. The topological polar surface area (TPSA) is 34.1 Å². The number of rotatable bonds is 3. The fourth-order valence-electron chi connectivity index (χ4n) is 0.366. The van der Waals surface area contributed by atoms with Crippen molar-refractivity contribution in [3.05, 3.63) is 6.92 Å². The Balaban J connectivity index is 3.40. The highest BCUT2D eigenvalue weighted by molar-refractivity contribution is 5.98. The second-order valence-electron chi connectivity index (χ2n) is 1.67. The zero-order valence-corrected chi connectivity index (χ0v) is 4.94. The number of ketones is 2. The minimum atomic E-state index is -0.0856. The van der Waals surface area contributed by atoms with Crippen molar-refractivity contribution in [2.45, 2.75) is 19.8 Å². The summed E-state index contributed by atoms with van der Waals surface area (Å²) in [5.41, 5.74) is 0. The SMILES string of the molecule is [CH2]CC(=O)CC(C)=O. The quantitative estimate of drug-likeness (QED) is 0.506. The molecule has 0 N–H and O–H groups in total. The van der Waals surface area contributed by atoms with E-state index >= 15 is 0 Å². The molecule has 0 aliphatic rings. The molecule has 0 saturated heterocycles. The van der Waals surface area contributed by atoms with Crippen molar-refractivity contribution < 1.29 is 9.59 Å². The van der Waals surface area contributed by atoms with Crippen LogP contribution in [0.25, 0.3) is 0 Å². The first kappa shape index (κ1) is 7.34. The van der Waals surface area contributed by atoms with E-state index in [9.17, 15) is 9.59 Å². The molecule has 2 nitrogen and oxygen atoms in total. The minimum absolute atomic E-state index is 0.0451. The first-order valence-electron chi connectivity index (χ1n) is 2.47. The summed E-state index contributed by atoms with van der Waals surface area (Å²) in [4.78, 5) is 20.5. The molecule has 0 rings (SSSR count). The van der Waals surface area contributed by atoms with Crippen molar-refractivity contribution in [3.8, 4) is 0 Å². The van der Waals surface area contributed by atoms with Crippen LogP contribution in [0.3, 0.4) is 0 Å². The highest BCUT2D eigenvalue weighted by Gasteiger charge is 1.99. The lowest BCUT2D eigenvalue weighted by atomic mass is 10.2. The summed E-state index contributed by atoms with van der Waals surface area (Å²) >= 11 is 0. The molecule has 0 aromatic rings. The van der Waals surface area contributed by atoms with Gasteiger partial charge in [-0.15, -0.1) is 0 Å². The van der Waals surface area contributed by atoms with E-state index < -0.39 is 0 Å². The Morgan fingerprint density at radius 3 is 2.12 bits per heavy atom. The molecule has 1 radical (unpaired) electrons. The van der Waals surface area contributed by atoms with Crippen LogP contribution >= 0.6 is 0 Å². The molecule has 0 spiro atoms. The number of hydrogen-bond donors (Lipinski definition) is 0. The molecule has 0 aliphatic heterocycles. The maximum absolute atomic E-state index is 10.3. The van der Waals surface area contributed by atoms with Gasteiger partial charge in [-0.05, 0) is 13.8 Å². The van der Waals surface area contributed by atoms with Crippen LogP contribution < -0.4 is 0 Å². The zero-order valence-electron chi connectivity index (χ0n) is 4.94. The van der Waals surface area contributed by atoms with Crippen molar-refractivity contribution >= 4 is 11.6 Å².